The molecule has 6 heteroatoms. The predicted octanol–water partition coefficient (Wildman–Crippen LogP) is 2.70. The van der Waals surface area contributed by atoms with Crippen LogP contribution in [0.3, 0.4) is 0 Å². The molecule has 1 aromatic heterocycles. The van der Waals surface area contributed by atoms with Crippen molar-refractivity contribution in [2.24, 2.45) is 5.73 Å². The molecule has 5 nitrogen and oxygen atoms in total. The van der Waals surface area contributed by atoms with Crippen molar-refractivity contribution in [3.05, 3.63) is 51.1 Å². The van der Waals surface area contributed by atoms with Gasteiger partial charge in [0.05, 0.1) is 10.6 Å². The van der Waals surface area contributed by atoms with Gasteiger partial charge in [-0.1, -0.05) is 31.0 Å². The monoisotopic (exact) mass is 255 g/mol. The Labute approximate surface area is 104 Å². The maximum atomic E-state index is 10.4. The lowest BCUT2D eigenvalue weighted by Gasteiger charge is -2.14. The predicted molar refractivity (Wildman–Crippen MR) is 66.2 cm³/mol. The first-order valence-electron chi connectivity index (χ1n) is 5.26. The average molecular weight is 256 g/mol. The first-order valence-corrected chi connectivity index (χ1v) is 5.64. The van der Waals surface area contributed by atoms with Crippen LogP contribution in [0, 0.1) is 10.1 Å². The van der Waals surface area contributed by atoms with E-state index in [2.05, 4.69) is 4.98 Å². The molecular weight excluding hydrogens is 242 g/mol. The summed E-state index contributed by atoms with van der Waals surface area (Å²) < 4.78 is 0. The van der Waals surface area contributed by atoms with Gasteiger partial charge in [-0.05, 0) is 18.1 Å². The van der Waals surface area contributed by atoms with Crippen LogP contribution in [-0.4, -0.2) is 9.91 Å². The zero-order valence-electron chi connectivity index (χ0n) is 9.47. The van der Waals surface area contributed by atoms with Crippen molar-refractivity contribution < 1.29 is 4.92 Å². The summed E-state index contributed by atoms with van der Waals surface area (Å²) in [5.74, 6) is -0.185. The Kier molecular flexibility index (Phi) is 4.90. The van der Waals surface area contributed by atoms with E-state index >= 15 is 0 Å². The van der Waals surface area contributed by atoms with E-state index < -0.39 is 4.92 Å². The van der Waals surface area contributed by atoms with Gasteiger partial charge in [0.25, 0.3) is 6.20 Å². The lowest BCUT2D eigenvalue weighted by Crippen LogP contribution is -2.12. The minimum Gasteiger partial charge on any atom is -0.397 e. The van der Waals surface area contributed by atoms with Crippen LogP contribution in [0.4, 0.5) is 0 Å². The fraction of sp³-hybridized carbons (Fsp3) is 0.364. The molecule has 1 unspecified atom stereocenters. The summed E-state index contributed by atoms with van der Waals surface area (Å²) in [5, 5.41) is 10.8. The maximum absolute atomic E-state index is 10.4. The highest BCUT2D eigenvalue weighted by atomic mass is 35.5. The van der Waals surface area contributed by atoms with Crippen molar-refractivity contribution in [1.82, 2.24) is 4.98 Å². The molecule has 0 fully saturated rings. The first-order chi connectivity index (χ1) is 8.04. The topological polar surface area (TPSA) is 82.0 Å². The lowest BCUT2D eigenvalue weighted by atomic mass is 9.93. The fourth-order valence-electron chi connectivity index (χ4n) is 1.62. The van der Waals surface area contributed by atoms with E-state index in [0.29, 0.717) is 5.15 Å². The normalized spacial score (nSPS) is 13.4. The van der Waals surface area contributed by atoms with Crippen LogP contribution in [0.1, 0.15) is 31.2 Å². The quantitative estimate of drug-likeness (QED) is 0.498. The van der Waals surface area contributed by atoms with Crippen LogP contribution in [-0.2, 0) is 0 Å². The van der Waals surface area contributed by atoms with Gasteiger partial charge in [0.15, 0.2) is 0 Å². The highest BCUT2D eigenvalue weighted by Gasteiger charge is 2.16. The van der Waals surface area contributed by atoms with Gasteiger partial charge >= 0.3 is 0 Å². The molecule has 0 bridgehead atoms. The van der Waals surface area contributed by atoms with E-state index in [1.165, 1.54) is 0 Å². The number of hydrogen-bond donors (Lipinski definition) is 1. The summed E-state index contributed by atoms with van der Waals surface area (Å²) in [4.78, 5) is 13.8. The molecule has 1 atom stereocenters. The molecular formula is C11H14ClN3O2. The Morgan fingerprint density at radius 1 is 1.71 bits per heavy atom. The smallest absolute Gasteiger partial charge is 0.253 e. The highest BCUT2D eigenvalue weighted by molar-refractivity contribution is 6.29. The molecule has 92 valence electrons. The van der Waals surface area contributed by atoms with Gasteiger partial charge in [0.1, 0.15) is 5.15 Å². The Hall–Kier alpha value is -1.62. The fourth-order valence-corrected chi connectivity index (χ4v) is 1.73. The third-order valence-corrected chi connectivity index (χ3v) is 2.61. The number of nitrogens with two attached hydrogens (primary N) is 1. The maximum Gasteiger partial charge on any atom is 0.253 e. The molecule has 2 N–H and O–H groups in total. The van der Waals surface area contributed by atoms with Crippen LogP contribution >= 0.6 is 11.6 Å². The van der Waals surface area contributed by atoms with Gasteiger partial charge in [-0.3, -0.25) is 10.1 Å². The number of rotatable bonds is 5. The summed E-state index contributed by atoms with van der Waals surface area (Å²) in [5.41, 5.74) is 6.81. The van der Waals surface area contributed by atoms with Gasteiger partial charge in [-0.2, -0.15) is 0 Å². The molecule has 1 rings (SSSR count). The van der Waals surface area contributed by atoms with Crippen molar-refractivity contribution >= 4 is 11.6 Å². The van der Waals surface area contributed by atoms with Crippen LogP contribution in [0.5, 0.6) is 0 Å². The minimum absolute atomic E-state index is 0.185. The second kappa shape index (κ2) is 6.20. The number of pyridine rings is 1. The molecule has 0 aromatic carbocycles. The zero-order chi connectivity index (χ0) is 12.8. The number of allylic oxidation sites excluding steroid dienone is 1. The zero-order valence-corrected chi connectivity index (χ0v) is 10.2. The molecule has 0 aliphatic rings. The van der Waals surface area contributed by atoms with E-state index in [1.807, 2.05) is 6.92 Å². The summed E-state index contributed by atoms with van der Waals surface area (Å²) >= 11 is 5.69. The molecule has 0 aliphatic heterocycles. The van der Waals surface area contributed by atoms with Crippen molar-refractivity contribution in [2.75, 3.05) is 0 Å². The number of nitrogens with zero attached hydrogens (tertiary/aromatic N) is 2. The van der Waals surface area contributed by atoms with E-state index in [4.69, 9.17) is 17.3 Å². The summed E-state index contributed by atoms with van der Waals surface area (Å²) in [7, 11) is 0. The van der Waals surface area contributed by atoms with Gasteiger partial charge in [0.2, 0.25) is 0 Å². The number of hydrogen-bond acceptors (Lipinski definition) is 4. The second-order valence-electron chi connectivity index (χ2n) is 3.67. The molecule has 0 amide bonds. The molecule has 0 spiro atoms. The largest absolute Gasteiger partial charge is 0.397 e. The Morgan fingerprint density at radius 3 is 2.88 bits per heavy atom. The Bertz CT molecular complexity index is 417. The molecule has 0 aliphatic carbocycles. The van der Waals surface area contributed by atoms with Crippen molar-refractivity contribution in [2.45, 2.75) is 25.7 Å². The Balaban J connectivity index is 3.00. The number of halogens is 1. The third kappa shape index (κ3) is 4.03. The average Bonchev–Trinajstić information content (AvgIpc) is 2.26. The van der Waals surface area contributed by atoms with Crippen molar-refractivity contribution in [3.63, 3.8) is 0 Å². The molecule has 0 saturated heterocycles. The minimum atomic E-state index is -0.540. The molecule has 1 heterocycles. The summed E-state index contributed by atoms with van der Waals surface area (Å²) in [6.07, 6.45) is 4.05. The van der Waals surface area contributed by atoms with E-state index in [-0.39, 0.29) is 11.6 Å². The van der Waals surface area contributed by atoms with Gasteiger partial charge in [-0.25, -0.2) is 4.98 Å². The van der Waals surface area contributed by atoms with Crippen molar-refractivity contribution in [3.8, 4) is 0 Å². The molecule has 17 heavy (non-hydrogen) atoms. The van der Waals surface area contributed by atoms with E-state index in [1.54, 1.807) is 18.3 Å². The van der Waals surface area contributed by atoms with E-state index in [0.717, 1.165) is 24.6 Å². The third-order valence-electron chi connectivity index (χ3n) is 2.39. The Morgan fingerprint density at radius 2 is 2.41 bits per heavy atom. The summed E-state index contributed by atoms with van der Waals surface area (Å²) in [6.45, 7) is 2.00. The SMILES string of the molecule is CCCC(C(N)=C[N+](=O)[O-])c1ccc(Cl)nc1. The highest BCUT2D eigenvalue weighted by Crippen LogP contribution is 2.26. The van der Waals surface area contributed by atoms with E-state index in [9.17, 15) is 10.1 Å². The molecule has 0 saturated carbocycles. The first kappa shape index (κ1) is 13.4. The molecule has 0 radical (unpaired) electrons. The van der Waals surface area contributed by atoms with Crippen LogP contribution in [0.25, 0.3) is 0 Å². The standard InChI is InChI=1S/C11H14ClN3O2/c1-2-3-9(10(13)7-15(16)17)8-4-5-11(12)14-6-8/h4-7,9H,2-3,13H2,1H3. The molecule has 1 aromatic rings. The summed E-state index contributed by atoms with van der Waals surface area (Å²) in [6, 6.07) is 3.44. The lowest BCUT2D eigenvalue weighted by molar-refractivity contribution is -0.403. The van der Waals surface area contributed by atoms with Gasteiger partial charge < -0.3 is 5.73 Å². The van der Waals surface area contributed by atoms with Crippen molar-refractivity contribution in [1.29, 1.82) is 0 Å². The second-order valence-corrected chi connectivity index (χ2v) is 4.06. The number of nitro groups is 1. The van der Waals surface area contributed by atoms with Crippen LogP contribution in [0.2, 0.25) is 5.15 Å². The van der Waals surface area contributed by atoms with Crippen LogP contribution < -0.4 is 5.73 Å². The number of aromatic nitrogens is 1. The van der Waals surface area contributed by atoms with Gasteiger partial charge in [-0.15, -0.1) is 0 Å². The van der Waals surface area contributed by atoms with Crippen LogP contribution in [0.15, 0.2) is 30.2 Å². The van der Waals surface area contributed by atoms with Gasteiger partial charge in [0, 0.05) is 12.1 Å².